The van der Waals surface area contributed by atoms with Crippen LogP contribution in [0.3, 0.4) is 0 Å². The van der Waals surface area contributed by atoms with Crippen molar-refractivity contribution in [2.45, 2.75) is 13.8 Å². The van der Waals surface area contributed by atoms with Gasteiger partial charge in [0.25, 0.3) is 5.91 Å². The standard InChI is InChI=1S/C18H20ClN3O2/c1-12-10-16(19)13(2)9-15(12)18(23)21-17-4-3-14(11-20-17)22-5-7-24-8-6-22/h3-4,9-11H,5-8H2,1-2H3,(H,20,21,23). The number of hydrogen-bond donors (Lipinski definition) is 1. The zero-order chi connectivity index (χ0) is 17.1. The molecule has 2 heterocycles. The second-order valence-corrected chi connectivity index (χ2v) is 6.28. The summed E-state index contributed by atoms with van der Waals surface area (Å²) in [5.41, 5.74) is 3.36. The number of hydrogen-bond acceptors (Lipinski definition) is 4. The van der Waals surface area contributed by atoms with Crippen LogP contribution in [0, 0.1) is 13.8 Å². The highest BCUT2D eigenvalue weighted by molar-refractivity contribution is 6.31. The molecule has 1 aromatic heterocycles. The summed E-state index contributed by atoms with van der Waals surface area (Å²) in [4.78, 5) is 19.0. The molecule has 0 radical (unpaired) electrons. The predicted octanol–water partition coefficient (Wildman–Crippen LogP) is 3.44. The highest BCUT2D eigenvalue weighted by Gasteiger charge is 2.14. The number of aryl methyl sites for hydroxylation is 2. The number of amides is 1. The average molecular weight is 346 g/mol. The number of halogens is 1. The van der Waals surface area contributed by atoms with E-state index in [1.807, 2.05) is 26.0 Å². The normalized spacial score (nSPS) is 14.5. The molecule has 1 aliphatic heterocycles. The number of benzene rings is 1. The fraction of sp³-hybridized carbons (Fsp3) is 0.333. The van der Waals surface area contributed by atoms with Crippen LogP contribution in [0.2, 0.25) is 5.02 Å². The van der Waals surface area contributed by atoms with E-state index in [-0.39, 0.29) is 5.91 Å². The van der Waals surface area contributed by atoms with Crippen LogP contribution in [0.5, 0.6) is 0 Å². The van der Waals surface area contributed by atoms with Crippen molar-refractivity contribution >= 4 is 29.0 Å². The van der Waals surface area contributed by atoms with Gasteiger partial charge >= 0.3 is 0 Å². The smallest absolute Gasteiger partial charge is 0.257 e. The number of ether oxygens (including phenoxy) is 1. The summed E-state index contributed by atoms with van der Waals surface area (Å²) in [5, 5.41) is 3.50. The summed E-state index contributed by atoms with van der Waals surface area (Å²) in [7, 11) is 0. The number of rotatable bonds is 3. The maximum absolute atomic E-state index is 12.5. The molecular formula is C18H20ClN3O2. The summed E-state index contributed by atoms with van der Waals surface area (Å²) in [6, 6.07) is 7.39. The van der Waals surface area contributed by atoms with Gasteiger partial charge in [0.2, 0.25) is 0 Å². The third-order valence-corrected chi connectivity index (χ3v) is 4.52. The zero-order valence-corrected chi connectivity index (χ0v) is 14.6. The summed E-state index contributed by atoms with van der Waals surface area (Å²) in [5.74, 6) is 0.350. The lowest BCUT2D eigenvalue weighted by molar-refractivity contribution is 0.102. The molecule has 0 aliphatic carbocycles. The molecule has 1 N–H and O–H groups in total. The van der Waals surface area contributed by atoms with Crippen LogP contribution in [0.4, 0.5) is 11.5 Å². The Kier molecular flexibility index (Phi) is 5.02. The SMILES string of the molecule is Cc1cc(C(=O)Nc2ccc(N3CCOCC3)cn2)c(C)cc1Cl. The van der Waals surface area contributed by atoms with Crippen LogP contribution in [0.1, 0.15) is 21.5 Å². The van der Waals surface area contributed by atoms with Gasteiger partial charge in [-0.1, -0.05) is 11.6 Å². The molecule has 6 heteroatoms. The van der Waals surface area contributed by atoms with Crippen molar-refractivity contribution in [3.05, 3.63) is 52.2 Å². The second-order valence-electron chi connectivity index (χ2n) is 5.87. The van der Waals surface area contributed by atoms with Gasteiger partial charge in [0.1, 0.15) is 5.82 Å². The monoisotopic (exact) mass is 345 g/mol. The topological polar surface area (TPSA) is 54.5 Å². The minimum absolute atomic E-state index is 0.182. The first-order valence-corrected chi connectivity index (χ1v) is 8.29. The van der Waals surface area contributed by atoms with Crippen molar-refractivity contribution in [2.75, 3.05) is 36.5 Å². The number of aromatic nitrogens is 1. The van der Waals surface area contributed by atoms with Crippen LogP contribution in [0.15, 0.2) is 30.5 Å². The molecule has 1 saturated heterocycles. The number of carbonyl (C=O) groups is 1. The van der Waals surface area contributed by atoms with E-state index < -0.39 is 0 Å². The molecule has 1 amide bonds. The quantitative estimate of drug-likeness (QED) is 0.925. The van der Waals surface area contributed by atoms with Gasteiger partial charge in [-0.2, -0.15) is 0 Å². The first-order chi connectivity index (χ1) is 11.5. The third-order valence-electron chi connectivity index (χ3n) is 4.12. The summed E-state index contributed by atoms with van der Waals surface area (Å²) < 4.78 is 5.35. The van der Waals surface area contributed by atoms with Gasteiger partial charge in [0.15, 0.2) is 0 Å². The Hall–Kier alpha value is -2.11. The first-order valence-electron chi connectivity index (χ1n) is 7.91. The van der Waals surface area contributed by atoms with Gasteiger partial charge in [-0.05, 0) is 49.2 Å². The summed E-state index contributed by atoms with van der Waals surface area (Å²) in [6.07, 6.45) is 1.78. The molecule has 24 heavy (non-hydrogen) atoms. The second kappa shape index (κ2) is 7.20. The summed E-state index contributed by atoms with van der Waals surface area (Å²) >= 11 is 6.08. The van der Waals surface area contributed by atoms with Crippen molar-refractivity contribution in [1.29, 1.82) is 0 Å². The lowest BCUT2D eigenvalue weighted by atomic mass is 10.0. The Bertz CT molecular complexity index is 741. The van der Waals surface area contributed by atoms with Crippen molar-refractivity contribution in [1.82, 2.24) is 4.98 Å². The fourth-order valence-electron chi connectivity index (χ4n) is 2.68. The maximum atomic E-state index is 12.5. The number of morpholine rings is 1. The number of carbonyl (C=O) groups excluding carboxylic acids is 1. The Balaban J connectivity index is 1.71. The molecule has 1 fully saturated rings. The number of nitrogens with one attached hydrogen (secondary N) is 1. The van der Waals surface area contributed by atoms with Gasteiger partial charge in [-0.25, -0.2) is 4.98 Å². The van der Waals surface area contributed by atoms with Crippen molar-refractivity contribution < 1.29 is 9.53 Å². The van der Waals surface area contributed by atoms with Gasteiger partial charge in [-0.3, -0.25) is 4.79 Å². The molecular weight excluding hydrogens is 326 g/mol. The minimum Gasteiger partial charge on any atom is -0.378 e. The van der Waals surface area contributed by atoms with E-state index in [0.717, 1.165) is 43.1 Å². The van der Waals surface area contributed by atoms with E-state index in [9.17, 15) is 4.79 Å². The minimum atomic E-state index is -0.182. The molecule has 2 aromatic rings. The van der Waals surface area contributed by atoms with Crippen molar-refractivity contribution in [3.63, 3.8) is 0 Å². The van der Waals surface area contributed by atoms with Crippen LogP contribution in [0.25, 0.3) is 0 Å². The van der Waals surface area contributed by atoms with E-state index in [1.54, 1.807) is 18.3 Å². The largest absolute Gasteiger partial charge is 0.378 e. The molecule has 3 rings (SSSR count). The van der Waals surface area contributed by atoms with Gasteiger partial charge in [0.05, 0.1) is 25.1 Å². The molecule has 1 aliphatic rings. The predicted molar refractivity (Wildman–Crippen MR) is 96.1 cm³/mol. The van der Waals surface area contributed by atoms with E-state index in [4.69, 9.17) is 16.3 Å². The number of nitrogens with zero attached hydrogens (tertiary/aromatic N) is 2. The molecule has 126 valence electrons. The average Bonchev–Trinajstić information content (AvgIpc) is 2.59. The molecule has 0 bridgehead atoms. The van der Waals surface area contributed by atoms with Crippen LogP contribution < -0.4 is 10.2 Å². The van der Waals surface area contributed by atoms with E-state index in [1.165, 1.54) is 0 Å². The Morgan fingerprint density at radius 2 is 1.96 bits per heavy atom. The molecule has 1 aromatic carbocycles. The Morgan fingerprint density at radius 1 is 1.21 bits per heavy atom. The highest BCUT2D eigenvalue weighted by atomic mass is 35.5. The lowest BCUT2D eigenvalue weighted by Gasteiger charge is -2.28. The molecule has 5 nitrogen and oxygen atoms in total. The van der Waals surface area contributed by atoms with Gasteiger partial charge in [0, 0.05) is 23.7 Å². The van der Waals surface area contributed by atoms with E-state index >= 15 is 0 Å². The van der Waals surface area contributed by atoms with Crippen LogP contribution >= 0.6 is 11.6 Å². The lowest BCUT2D eigenvalue weighted by Crippen LogP contribution is -2.36. The Labute approximate surface area is 146 Å². The van der Waals surface area contributed by atoms with Gasteiger partial charge in [-0.15, -0.1) is 0 Å². The molecule has 0 unspecified atom stereocenters. The highest BCUT2D eigenvalue weighted by Crippen LogP contribution is 2.22. The Morgan fingerprint density at radius 3 is 2.62 bits per heavy atom. The fourth-order valence-corrected chi connectivity index (χ4v) is 2.90. The van der Waals surface area contributed by atoms with E-state index in [0.29, 0.717) is 16.4 Å². The van der Waals surface area contributed by atoms with Crippen molar-refractivity contribution in [3.8, 4) is 0 Å². The van der Waals surface area contributed by atoms with Crippen molar-refractivity contribution in [2.24, 2.45) is 0 Å². The number of pyridine rings is 1. The number of anilines is 2. The van der Waals surface area contributed by atoms with E-state index in [2.05, 4.69) is 15.2 Å². The van der Waals surface area contributed by atoms with Crippen LogP contribution in [-0.2, 0) is 4.74 Å². The first kappa shape index (κ1) is 16.7. The van der Waals surface area contributed by atoms with Gasteiger partial charge < -0.3 is 15.0 Å². The summed E-state index contributed by atoms with van der Waals surface area (Å²) in [6.45, 7) is 6.93. The molecule has 0 saturated carbocycles. The van der Waals surface area contributed by atoms with Crippen LogP contribution in [-0.4, -0.2) is 37.2 Å². The zero-order valence-electron chi connectivity index (χ0n) is 13.8. The third kappa shape index (κ3) is 3.68. The maximum Gasteiger partial charge on any atom is 0.257 e. The molecule has 0 atom stereocenters. The molecule has 0 spiro atoms.